The quantitative estimate of drug-likeness (QED) is 0.0960. The standard InChI is InChI=1S/C37H36S4.C27H26Br2S2.C10H10S2.CH4/c1-24-6-16-31(38-24)28-12-8-26(9-13-28)22-30(37(3,4)5)23-27-10-14-29(15-11-27)32-18-19-35(40-32)36-21-20-34(41-36)33-17-7-25(2)39-33;1-27(2,3)22(16-18-4-8-20(9-5-18)23-12-14-25(28)30-23)17-19-6-10-21(11-7-19)24-13-15-26(29)31-24;1-7-3-5-9(11-7)10-6-4-8(2)12-10;/h6-21,30H,22-23H2,1-5H3;4-15,22H,16-17H2,1-3H3;3-6H,1-2H3;1H4. The SMILES string of the molecule is C.CC(C)(C)C(Cc1ccc(-c2ccc(Br)s2)cc1)Cc1ccc(-c2ccc(Br)s2)cc1.Cc1ccc(-c2ccc(C)s2)s1.Cc1ccc(-c2ccc(CC(Cc3ccc(-c4ccc(-c5ccc(-c6ccc(C)s6)s5)s4)cc3)C(C)(C)C)cc2)s1. The number of halogens is 2. The summed E-state index contributed by atoms with van der Waals surface area (Å²) in [6.45, 7) is 22.9. The molecule has 0 saturated heterocycles. The molecule has 0 spiro atoms. The van der Waals surface area contributed by atoms with E-state index < -0.39 is 0 Å². The van der Waals surface area contributed by atoms with E-state index in [1.807, 2.05) is 68.0 Å². The van der Waals surface area contributed by atoms with Crippen LogP contribution < -0.4 is 0 Å². The highest BCUT2D eigenvalue weighted by Gasteiger charge is 2.27. The van der Waals surface area contributed by atoms with Crippen LogP contribution >= 0.6 is 123 Å². The van der Waals surface area contributed by atoms with E-state index in [0.717, 1.165) is 25.7 Å². The summed E-state index contributed by atoms with van der Waals surface area (Å²) in [6.07, 6.45) is 4.37. The van der Waals surface area contributed by atoms with Crippen LogP contribution in [0.5, 0.6) is 0 Å². The van der Waals surface area contributed by atoms with Crippen LogP contribution in [0, 0.1) is 50.4 Å². The van der Waals surface area contributed by atoms with Crippen molar-refractivity contribution in [3.63, 3.8) is 0 Å². The molecule has 0 N–H and O–H groups in total. The van der Waals surface area contributed by atoms with Crippen LogP contribution in [0.3, 0.4) is 0 Å². The molecule has 0 aliphatic carbocycles. The highest BCUT2D eigenvalue weighted by Crippen LogP contribution is 2.43. The van der Waals surface area contributed by atoms with Crippen LogP contribution in [0.15, 0.2) is 202 Å². The smallest absolute Gasteiger partial charge is 0.0705 e. The van der Waals surface area contributed by atoms with Gasteiger partial charge >= 0.3 is 0 Å². The van der Waals surface area contributed by atoms with Gasteiger partial charge in [0, 0.05) is 68.3 Å². The molecule has 12 rings (SSSR count). The molecule has 0 fully saturated rings. The molecule has 0 saturated carbocycles. The summed E-state index contributed by atoms with van der Waals surface area (Å²) in [7, 11) is 0. The maximum Gasteiger partial charge on any atom is 0.0705 e. The van der Waals surface area contributed by atoms with E-state index in [0.29, 0.717) is 11.8 Å². The Labute approximate surface area is 556 Å². The molecule has 0 radical (unpaired) electrons. The molecule has 438 valence electrons. The molecule has 0 nitrogen and oxygen atoms in total. The maximum absolute atomic E-state index is 3.57. The normalized spacial score (nSPS) is 11.9. The molecule has 0 amide bonds. The molecule has 0 aliphatic heterocycles. The van der Waals surface area contributed by atoms with Crippen molar-refractivity contribution < 1.29 is 0 Å². The summed E-state index contributed by atoms with van der Waals surface area (Å²) in [6, 6.07) is 72.2. The van der Waals surface area contributed by atoms with Crippen LogP contribution in [0.25, 0.3) is 71.0 Å². The second kappa shape index (κ2) is 29.2. The van der Waals surface area contributed by atoms with Gasteiger partial charge in [-0.1, -0.05) is 146 Å². The van der Waals surface area contributed by atoms with Gasteiger partial charge in [0.1, 0.15) is 0 Å². The molecule has 1 unspecified atom stereocenters. The minimum atomic E-state index is 0. The van der Waals surface area contributed by atoms with Gasteiger partial charge in [-0.15, -0.1) is 90.7 Å². The van der Waals surface area contributed by atoms with Crippen molar-refractivity contribution in [3.05, 3.63) is 243 Å². The number of hydrogen-bond acceptors (Lipinski definition) is 8. The Morgan fingerprint density at radius 2 is 0.459 bits per heavy atom. The Bertz CT molecular complexity index is 3870. The second-order valence-electron chi connectivity index (χ2n) is 23.9. The van der Waals surface area contributed by atoms with Gasteiger partial charge < -0.3 is 0 Å². The lowest BCUT2D eigenvalue weighted by molar-refractivity contribution is 0.237. The topological polar surface area (TPSA) is 0 Å². The largest absolute Gasteiger partial charge is 0.141 e. The van der Waals surface area contributed by atoms with Crippen molar-refractivity contribution in [1.29, 1.82) is 0 Å². The molecule has 8 aromatic heterocycles. The fourth-order valence-electron chi connectivity index (χ4n) is 10.2. The summed E-state index contributed by atoms with van der Waals surface area (Å²) < 4.78 is 2.36. The minimum absolute atomic E-state index is 0. The first-order valence-corrected chi connectivity index (χ1v) is 36.7. The molecule has 8 heterocycles. The Kier molecular flexibility index (Phi) is 22.3. The van der Waals surface area contributed by atoms with Crippen LogP contribution in [-0.4, -0.2) is 0 Å². The van der Waals surface area contributed by atoms with Gasteiger partial charge in [-0.2, -0.15) is 0 Å². The zero-order valence-corrected chi connectivity index (χ0v) is 59.2. The molecular formula is C75H76Br2S8. The van der Waals surface area contributed by atoms with E-state index in [1.54, 1.807) is 22.7 Å². The molecule has 85 heavy (non-hydrogen) atoms. The van der Waals surface area contributed by atoms with E-state index in [9.17, 15) is 0 Å². The zero-order chi connectivity index (χ0) is 59.1. The van der Waals surface area contributed by atoms with Gasteiger partial charge in [0.05, 0.1) is 7.57 Å². The number of benzene rings is 4. The Hall–Kier alpha value is -4.56. The van der Waals surface area contributed by atoms with Crippen molar-refractivity contribution in [2.75, 3.05) is 0 Å². The van der Waals surface area contributed by atoms with Gasteiger partial charge in [0.2, 0.25) is 0 Å². The number of aryl methyl sites for hydroxylation is 4. The fraction of sp³-hybridized carbons (Fsp3) is 0.253. The summed E-state index contributed by atoms with van der Waals surface area (Å²) in [5.74, 6) is 1.15. The predicted octanol–water partition coefficient (Wildman–Crippen LogP) is 27.5. The lowest BCUT2D eigenvalue weighted by Gasteiger charge is -2.31. The molecule has 4 aromatic carbocycles. The second-order valence-corrected chi connectivity index (χ2v) is 36.2. The van der Waals surface area contributed by atoms with E-state index in [1.165, 1.54) is 120 Å². The van der Waals surface area contributed by atoms with Crippen molar-refractivity contribution >= 4 is 123 Å². The number of rotatable bonds is 15. The molecule has 0 aliphatic rings. The van der Waals surface area contributed by atoms with E-state index >= 15 is 0 Å². The van der Waals surface area contributed by atoms with Crippen LogP contribution in [-0.2, 0) is 25.7 Å². The number of hydrogen-bond donors (Lipinski definition) is 0. The lowest BCUT2D eigenvalue weighted by Crippen LogP contribution is -2.25. The average Bonchev–Trinajstić information content (AvgIpc) is 3.81. The van der Waals surface area contributed by atoms with Crippen molar-refractivity contribution in [2.24, 2.45) is 22.7 Å². The molecule has 12 aromatic rings. The lowest BCUT2D eigenvalue weighted by atomic mass is 9.74. The van der Waals surface area contributed by atoms with Crippen molar-refractivity contribution in [1.82, 2.24) is 0 Å². The third-order valence-electron chi connectivity index (χ3n) is 15.4. The first-order chi connectivity index (χ1) is 40.2. The summed E-state index contributed by atoms with van der Waals surface area (Å²) in [5, 5.41) is 0. The van der Waals surface area contributed by atoms with Crippen molar-refractivity contribution in [2.45, 2.75) is 102 Å². The molecular weight excluding hydrogens is 1320 g/mol. The molecule has 10 heteroatoms. The van der Waals surface area contributed by atoms with Crippen LogP contribution in [0.2, 0.25) is 0 Å². The maximum atomic E-state index is 3.57. The van der Waals surface area contributed by atoms with E-state index in [2.05, 4.69) is 295 Å². The highest BCUT2D eigenvalue weighted by molar-refractivity contribution is 9.11. The average molecular weight is 1390 g/mol. The van der Waals surface area contributed by atoms with Gasteiger partial charge in [-0.3, -0.25) is 0 Å². The Balaban J connectivity index is 0.000000172. The molecule has 1 atom stereocenters. The highest BCUT2D eigenvalue weighted by atomic mass is 79.9. The fourth-order valence-corrected chi connectivity index (χ4v) is 18.7. The Morgan fingerprint density at radius 1 is 0.259 bits per heavy atom. The first kappa shape index (κ1) is 64.9. The van der Waals surface area contributed by atoms with Gasteiger partial charge in [0.25, 0.3) is 0 Å². The monoisotopic (exact) mass is 1390 g/mol. The van der Waals surface area contributed by atoms with Crippen LogP contribution in [0.1, 0.15) is 90.7 Å². The van der Waals surface area contributed by atoms with Gasteiger partial charge in [0.15, 0.2) is 0 Å². The minimum Gasteiger partial charge on any atom is -0.141 e. The first-order valence-electron chi connectivity index (χ1n) is 28.6. The predicted molar refractivity (Wildman–Crippen MR) is 395 cm³/mol. The Morgan fingerprint density at radius 3 is 0.694 bits per heavy atom. The zero-order valence-electron chi connectivity index (χ0n) is 49.5. The summed E-state index contributed by atoms with van der Waals surface area (Å²) in [4.78, 5) is 19.0. The van der Waals surface area contributed by atoms with E-state index in [4.69, 9.17) is 0 Å². The number of thiophene rings is 8. The third kappa shape index (κ3) is 17.8. The van der Waals surface area contributed by atoms with Gasteiger partial charge in [-0.05, 0) is 249 Å². The van der Waals surface area contributed by atoms with Crippen LogP contribution in [0.4, 0.5) is 0 Å². The molecule has 0 bridgehead atoms. The van der Waals surface area contributed by atoms with Gasteiger partial charge in [-0.25, -0.2) is 0 Å². The van der Waals surface area contributed by atoms with E-state index in [-0.39, 0.29) is 18.3 Å². The third-order valence-corrected chi connectivity index (χ3v) is 25.6. The van der Waals surface area contributed by atoms with Crippen molar-refractivity contribution in [3.8, 4) is 71.0 Å². The summed E-state index contributed by atoms with van der Waals surface area (Å²) in [5.41, 5.74) is 11.4. The summed E-state index contributed by atoms with van der Waals surface area (Å²) >= 11 is 22.0.